The van der Waals surface area contributed by atoms with Gasteiger partial charge < -0.3 is 14.7 Å². The Balaban J connectivity index is 2.67. The van der Waals surface area contributed by atoms with E-state index in [0.717, 1.165) is 0 Å². The van der Waals surface area contributed by atoms with Crippen LogP contribution in [0.1, 0.15) is 37.6 Å². The second kappa shape index (κ2) is 5.20. The molecule has 0 spiro atoms. The number of nitrogens with one attached hydrogen (secondary N) is 1. The number of hydrogen-bond acceptors (Lipinski definition) is 3. The lowest BCUT2D eigenvalue weighted by Gasteiger charge is -2.19. The molecule has 6 heteroatoms. The molecule has 0 saturated carbocycles. The average Bonchev–Trinajstić information content (AvgIpc) is 2.37. The third kappa shape index (κ3) is 3.21. The molecule has 0 aliphatic carbocycles. The van der Waals surface area contributed by atoms with Gasteiger partial charge in [0.1, 0.15) is 0 Å². The number of nitrogens with zero attached hydrogens (tertiary/aromatic N) is 1. The van der Waals surface area contributed by atoms with Crippen molar-refractivity contribution in [1.82, 2.24) is 9.55 Å². The Hall–Kier alpha value is -2.37. The number of fused-ring (bicyclic) bond motifs is 1. The quantitative estimate of drug-likeness (QED) is 0.843. The van der Waals surface area contributed by atoms with Crippen LogP contribution in [0.5, 0.6) is 0 Å². The Morgan fingerprint density at radius 2 is 1.95 bits per heavy atom. The van der Waals surface area contributed by atoms with E-state index in [-0.39, 0.29) is 11.0 Å². The van der Waals surface area contributed by atoms with Crippen molar-refractivity contribution in [3.8, 4) is 0 Å². The van der Waals surface area contributed by atoms with Crippen molar-refractivity contribution >= 4 is 17.0 Å². The van der Waals surface area contributed by atoms with Gasteiger partial charge in [-0.05, 0) is 30.0 Å². The number of aromatic amines is 1. The van der Waals surface area contributed by atoms with Crippen molar-refractivity contribution < 1.29 is 9.90 Å². The van der Waals surface area contributed by atoms with E-state index in [1.165, 1.54) is 22.8 Å². The molecule has 2 N–H and O–H groups in total. The van der Waals surface area contributed by atoms with Crippen LogP contribution >= 0.6 is 0 Å². The van der Waals surface area contributed by atoms with Crippen molar-refractivity contribution in [1.29, 1.82) is 0 Å². The van der Waals surface area contributed by atoms with Gasteiger partial charge in [0.05, 0.1) is 16.6 Å². The first kappa shape index (κ1) is 15.0. The molecule has 0 atom stereocenters. The predicted molar refractivity (Wildman–Crippen MR) is 79.9 cm³/mol. The summed E-state index contributed by atoms with van der Waals surface area (Å²) in [6, 6.07) is 4.32. The molecule has 2 rings (SSSR count). The molecule has 112 valence electrons. The van der Waals surface area contributed by atoms with Crippen molar-refractivity contribution in [2.45, 2.75) is 33.7 Å². The molecule has 0 amide bonds. The van der Waals surface area contributed by atoms with Crippen LogP contribution in [0.3, 0.4) is 0 Å². The number of benzene rings is 1. The van der Waals surface area contributed by atoms with Crippen LogP contribution in [0.25, 0.3) is 11.0 Å². The van der Waals surface area contributed by atoms with Gasteiger partial charge in [-0.3, -0.25) is 9.59 Å². The zero-order chi connectivity index (χ0) is 15.8. The SMILES string of the molecule is CC(C)(C)CCn1c(=O)c(=O)[nH]c2ccc(C(=O)O)cc21. The van der Waals surface area contributed by atoms with Gasteiger partial charge in [0.2, 0.25) is 0 Å². The molecule has 0 unspecified atom stereocenters. The Labute approximate surface area is 121 Å². The van der Waals surface area contributed by atoms with E-state index in [9.17, 15) is 14.4 Å². The molecule has 2 aromatic rings. The number of hydrogen-bond donors (Lipinski definition) is 2. The maximum atomic E-state index is 12.1. The zero-order valence-corrected chi connectivity index (χ0v) is 12.3. The Bertz CT molecular complexity index is 809. The van der Waals surface area contributed by atoms with Crippen molar-refractivity contribution in [3.63, 3.8) is 0 Å². The number of H-pyrrole nitrogens is 1. The summed E-state index contributed by atoms with van der Waals surface area (Å²) in [6.45, 7) is 6.48. The fraction of sp³-hybridized carbons (Fsp3) is 0.400. The van der Waals surface area contributed by atoms with Gasteiger partial charge in [-0.25, -0.2) is 4.79 Å². The van der Waals surface area contributed by atoms with E-state index >= 15 is 0 Å². The van der Waals surface area contributed by atoms with Gasteiger partial charge in [0.15, 0.2) is 0 Å². The largest absolute Gasteiger partial charge is 0.478 e. The van der Waals surface area contributed by atoms with E-state index in [0.29, 0.717) is 24.0 Å². The number of carboxylic acid groups (broad SMARTS) is 1. The summed E-state index contributed by atoms with van der Waals surface area (Å²) in [5.74, 6) is -1.07. The first-order chi connectivity index (χ1) is 9.69. The average molecular weight is 290 g/mol. The highest BCUT2D eigenvalue weighted by molar-refractivity contribution is 5.92. The predicted octanol–water partition coefficient (Wildman–Crippen LogP) is 1.82. The minimum atomic E-state index is -1.07. The van der Waals surface area contributed by atoms with E-state index in [2.05, 4.69) is 4.98 Å². The van der Waals surface area contributed by atoms with Gasteiger partial charge in [-0.1, -0.05) is 20.8 Å². The molecule has 0 radical (unpaired) electrons. The van der Waals surface area contributed by atoms with Gasteiger partial charge in [-0.15, -0.1) is 0 Å². The maximum Gasteiger partial charge on any atom is 0.335 e. The monoisotopic (exact) mass is 290 g/mol. The van der Waals surface area contributed by atoms with Crippen LogP contribution in [0, 0.1) is 5.41 Å². The van der Waals surface area contributed by atoms with E-state index in [1.54, 1.807) is 0 Å². The molecule has 1 aromatic heterocycles. The summed E-state index contributed by atoms with van der Waals surface area (Å²) in [7, 11) is 0. The van der Waals surface area contributed by atoms with Crippen molar-refractivity contribution in [2.75, 3.05) is 0 Å². The number of carbonyl (C=O) groups is 1. The van der Waals surface area contributed by atoms with Gasteiger partial charge >= 0.3 is 17.1 Å². The molecule has 0 fully saturated rings. The highest BCUT2D eigenvalue weighted by Crippen LogP contribution is 2.20. The van der Waals surface area contributed by atoms with E-state index < -0.39 is 17.1 Å². The summed E-state index contributed by atoms with van der Waals surface area (Å²) in [6.07, 6.45) is 0.697. The Kier molecular flexibility index (Phi) is 3.72. The van der Waals surface area contributed by atoms with Crippen molar-refractivity contribution in [2.24, 2.45) is 5.41 Å². The molecular weight excluding hydrogens is 272 g/mol. The van der Waals surface area contributed by atoms with Crippen LogP contribution in [-0.4, -0.2) is 20.6 Å². The molecule has 0 bridgehead atoms. The minimum absolute atomic E-state index is 0.00122. The fourth-order valence-electron chi connectivity index (χ4n) is 2.07. The summed E-state index contributed by atoms with van der Waals surface area (Å²) < 4.78 is 1.35. The van der Waals surface area contributed by atoms with Crippen LogP contribution in [-0.2, 0) is 6.54 Å². The third-order valence-corrected chi connectivity index (χ3v) is 3.31. The molecule has 21 heavy (non-hydrogen) atoms. The first-order valence-corrected chi connectivity index (χ1v) is 6.69. The van der Waals surface area contributed by atoms with E-state index in [1.807, 2.05) is 20.8 Å². The summed E-state index contributed by atoms with van der Waals surface area (Å²) in [5.41, 5.74) is -0.381. The molecule has 1 aromatic carbocycles. The normalized spacial score (nSPS) is 11.8. The zero-order valence-electron chi connectivity index (χ0n) is 12.3. The second-order valence-electron chi connectivity index (χ2n) is 6.26. The molecule has 0 saturated heterocycles. The minimum Gasteiger partial charge on any atom is -0.478 e. The number of aromatic nitrogens is 2. The molecule has 0 aliphatic heterocycles. The number of carboxylic acids is 1. The lowest BCUT2D eigenvalue weighted by molar-refractivity contribution is 0.0697. The van der Waals surface area contributed by atoms with E-state index in [4.69, 9.17) is 5.11 Å². The Morgan fingerprint density at radius 3 is 2.52 bits per heavy atom. The van der Waals surface area contributed by atoms with Crippen molar-refractivity contribution in [3.05, 3.63) is 44.5 Å². The standard InChI is InChI=1S/C15H18N2O4/c1-15(2,3)6-7-17-11-8-9(14(20)21)4-5-10(11)16-12(18)13(17)19/h4-5,8H,6-7H2,1-3H3,(H,16,18)(H,20,21). The Morgan fingerprint density at radius 1 is 1.29 bits per heavy atom. The molecule has 6 nitrogen and oxygen atoms in total. The smallest absolute Gasteiger partial charge is 0.335 e. The highest BCUT2D eigenvalue weighted by Gasteiger charge is 2.14. The maximum absolute atomic E-state index is 12.1. The summed E-state index contributed by atoms with van der Waals surface area (Å²) in [5, 5.41) is 9.06. The fourth-order valence-corrected chi connectivity index (χ4v) is 2.07. The van der Waals surface area contributed by atoms with Gasteiger partial charge in [0.25, 0.3) is 0 Å². The van der Waals surface area contributed by atoms with Crippen LogP contribution < -0.4 is 11.1 Å². The number of rotatable bonds is 3. The number of aryl methyl sites for hydroxylation is 1. The lowest BCUT2D eigenvalue weighted by Crippen LogP contribution is -2.37. The van der Waals surface area contributed by atoms with Crippen LogP contribution in [0.2, 0.25) is 0 Å². The molecule has 1 heterocycles. The molecular formula is C15H18N2O4. The summed E-state index contributed by atoms with van der Waals surface area (Å²) >= 11 is 0. The van der Waals surface area contributed by atoms with Gasteiger partial charge in [0, 0.05) is 6.54 Å². The summed E-state index contributed by atoms with van der Waals surface area (Å²) in [4.78, 5) is 37.3. The second-order valence-corrected chi connectivity index (χ2v) is 6.26. The van der Waals surface area contributed by atoms with Gasteiger partial charge in [-0.2, -0.15) is 0 Å². The number of aromatic carboxylic acids is 1. The topological polar surface area (TPSA) is 92.2 Å². The third-order valence-electron chi connectivity index (χ3n) is 3.31. The first-order valence-electron chi connectivity index (χ1n) is 6.69. The highest BCUT2D eigenvalue weighted by atomic mass is 16.4. The molecule has 0 aliphatic rings. The van der Waals surface area contributed by atoms with Crippen LogP contribution in [0.15, 0.2) is 27.8 Å². The van der Waals surface area contributed by atoms with Crippen LogP contribution in [0.4, 0.5) is 0 Å². The lowest BCUT2D eigenvalue weighted by atomic mass is 9.92.